The number of amides is 1. The summed E-state index contributed by atoms with van der Waals surface area (Å²) in [5, 5.41) is 10.7. The third kappa shape index (κ3) is 3.53. The fourth-order valence-electron chi connectivity index (χ4n) is 1.09. The Morgan fingerprint density at radius 2 is 2.12 bits per heavy atom. The molecule has 0 heterocycles. The first-order chi connectivity index (χ1) is 7.49. The molecule has 2 N–H and O–H groups in total. The zero-order valence-corrected chi connectivity index (χ0v) is 8.53. The lowest BCUT2D eigenvalue weighted by molar-refractivity contribution is -0.131. The van der Waals surface area contributed by atoms with E-state index in [4.69, 9.17) is 5.11 Å². The van der Waals surface area contributed by atoms with Crippen LogP contribution in [0.15, 0.2) is 24.3 Å². The van der Waals surface area contributed by atoms with E-state index in [1.54, 1.807) is 0 Å². The largest absolute Gasteiger partial charge is 0.478 e. The minimum atomic E-state index is -1.11. The molecule has 1 rings (SSSR count). The molecule has 0 spiro atoms. The van der Waals surface area contributed by atoms with Gasteiger partial charge in [-0.2, -0.15) is 0 Å². The summed E-state index contributed by atoms with van der Waals surface area (Å²) < 4.78 is 13.3. The number of aliphatic carboxylic acids is 1. The minimum Gasteiger partial charge on any atom is -0.478 e. The molecule has 0 unspecified atom stereocenters. The number of benzene rings is 1. The highest BCUT2D eigenvalue weighted by atomic mass is 19.1. The zero-order chi connectivity index (χ0) is 12.1. The number of carbonyl (C=O) groups is 2. The van der Waals surface area contributed by atoms with Crippen molar-refractivity contribution < 1.29 is 19.1 Å². The van der Waals surface area contributed by atoms with Gasteiger partial charge in [0.05, 0.1) is 5.69 Å². The Morgan fingerprint density at radius 1 is 1.44 bits per heavy atom. The number of carboxylic acid groups (broad SMARTS) is 1. The van der Waals surface area contributed by atoms with E-state index >= 15 is 0 Å². The van der Waals surface area contributed by atoms with Gasteiger partial charge in [0.25, 0.3) is 0 Å². The van der Waals surface area contributed by atoms with Gasteiger partial charge in [-0.25, -0.2) is 9.18 Å². The van der Waals surface area contributed by atoms with Crippen LogP contribution in [0.25, 0.3) is 6.08 Å². The molecular weight excluding hydrogens is 213 g/mol. The van der Waals surface area contributed by atoms with Crippen molar-refractivity contribution in [3.63, 3.8) is 0 Å². The summed E-state index contributed by atoms with van der Waals surface area (Å²) in [5.74, 6) is -2.08. The highest BCUT2D eigenvalue weighted by Crippen LogP contribution is 2.16. The van der Waals surface area contributed by atoms with E-state index in [0.717, 1.165) is 12.1 Å². The van der Waals surface area contributed by atoms with Crippen LogP contribution < -0.4 is 5.32 Å². The third-order valence-corrected chi connectivity index (χ3v) is 1.72. The number of nitrogens with one attached hydrogen (secondary N) is 1. The summed E-state index contributed by atoms with van der Waals surface area (Å²) in [6.45, 7) is 1.28. The molecule has 0 bridgehead atoms. The maximum Gasteiger partial charge on any atom is 0.328 e. The summed E-state index contributed by atoms with van der Waals surface area (Å²) in [7, 11) is 0. The van der Waals surface area contributed by atoms with E-state index < -0.39 is 11.8 Å². The molecule has 0 aromatic heterocycles. The summed E-state index contributed by atoms with van der Waals surface area (Å²) in [6, 6.07) is 4.02. The molecule has 0 radical (unpaired) electrons. The van der Waals surface area contributed by atoms with Gasteiger partial charge < -0.3 is 10.4 Å². The smallest absolute Gasteiger partial charge is 0.328 e. The predicted molar refractivity (Wildman–Crippen MR) is 57.4 cm³/mol. The highest BCUT2D eigenvalue weighted by Gasteiger charge is 2.03. The summed E-state index contributed by atoms with van der Waals surface area (Å²) >= 11 is 0. The molecular formula is C11H10FNO3. The Morgan fingerprint density at radius 3 is 2.62 bits per heavy atom. The normalized spacial score (nSPS) is 10.4. The Hall–Kier alpha value is -2.17. The summed E-state index contributed by atoms with van der Waals surface area (Å²) in [5.41, 5.74) is 0.481. The lowest BCUT2D eigenvalue weighted by Gasteiger charge is -2.03. The molecule has 4 nitrogen and oxygen atoms in total. The van der Waals surface area contributed by atoms with Gasteiger partial charge in [-0.15, -0.1) is 0 Å². The number of halogens is 1. The number of anilines is 1. The van der Waals surface area contributed by atoms with Crippen molar-refractivity contribution in [1.29, 1.82) is 0 Å². The van der Waals surface area contributed by atoms with Crippen LogP contribution in [0.2, 0.25) is 0 Å². The number of carbonyl (C=O) groups excluding carboxylic acids is 1. The number of rotatable bonds is 3. The third-order valence-electron chi connectivity index (χ3n) is 1.72. The molecule has 0 aliphatic rings. The van der Waals surface area contributed by atoms with Gasteiger partial charge in [0, 0.05) is 13.0 Å². The van der Waals surface area contributed by atoms with E-state index in [-0.39, 0.29) is 11.6 Å². The second-order valence-electron chi connectivity index (χ2n) is 3.09. The van der Waals surface area contributed by atoms with Crippen LogP contribution in [0, 0.1) is 5.82 Å². The first-order valence-corrected chi connectivity index (χ1v) is 4.47. The molecule has 1 aromatic carbocycles. The molecule has 0 atom stereocenters. The standard InChI is InChI=1S/C11H10FNO3/c1-7(14)13-10-4-2-8(6-9(10)12)3-5-11(15)16/h2-6H,1H3,(H,13,14)(H,15,16). The van der Waals surface area contributed by atoms with Gasteiger partial charge in [0.15, 0.2) is 0 Å². The molecule has 0 aliphatic carbocycles. The average Bonchev–Trinajstić information content (AvgIpc) is 2.18. The van der Waals surface area contributed by atoms with E-state index in [1.807, 2.05) is 0 Å². The van der Waals surface area contributed by atoms with Gasteiger partial charge in [0.2, 0.25) is 5.91 Å². The van der Waals surface area contributed by atoms with Crippen LogP contribution in [0.5, 0.6) is 0 Å². The molecule has 0 aliphatic heterocycles. The number of hydrogen-bond acceptors (Lipinski definition) is 2. The second kappa shape index (κ2) is 5.06. The van der Waals surface area contributed by atoms with Crippen LogP contribution in [-0.2, 0) is 9.59 Å². The van der Waals surface area contributed by atoms with Crippen molar-refractivity contribution in [3.8, 4) is 0 Å². The van der Waals surface area contributed by atoms with Gasteiger partial charge in [-0.3, -0.25) is 4.79 Å². The maximum absolute atomic E-state index is 13.3. The monoisotopic (exact) mass is 223 g/mol. The van der Waals surface area contributed by atoms with Gasteiger partial charge in [-0.1, -0.05) is 6.07 Å². The van der Waals surface area contributed by atoms with Crippen molar-refractivity contribution in [3.05, 3.63) is 35.7 Å². The first-order valence-electron chi connectivity index (χ1n) is 4.47. The molecule has 16 heavy (non-hydrogen) atoms. The van der Waals surface area contributed by atoms with Crippen molar-refractivity contribution >= 4 is 23.6 Å². The van der Waals surface area contributed by atoms with Crippen LogP contribution in [0.3, 0.4) is 0 Å². The quantitative estimate of drug-likeness (QED) is 0.769. The van der Waals surface area contributed by atoms with Crippen molar-refractivity contribution in [2.75, 3.05) is 5.32 Å². The highest BCUT2D eigenvalue weighted by molar-refractivity contribution is 5.89. The molecule has 0 fully saturated rings. The minimum absolute atomic E-state index is 0.0694. The van der Waals surface area contributed by atoms with Crippen molar-refractivity contribution in [2.24, 2.45) is 0 Å². The van der Waals surface area contributed by atoms with Gasteiger partial charge in [-0.05, 0) is 23.8 Å². The lowest BCUT2D eigenvalue weighted by Crippen LogP contribution is -2.07. The fourth-order valence-corrected chi connectivity index (χ4v) is 1.09. The van der Waals surface area contributed by atoms with Gasteiger partial charge in [0.1, 0.15) is 5.82 Å². The number of carboxylic acids is 1. The van der Waals surface area contributed by atoms with E-state index in [0.29, 0.717) is 5.56 Å². The second-order valence-corrected chi connectivity index (χ2v) is 3.09. The topological polar surface area (TPSA) is 66.4 Å². The Balaban J connectivity index is 2.90. The van der Waals surface area contributed by atoms with E-state index in [1.165, 1.54) is 25.1 Å². The fraction of sp³-hybridized carbons (Fsp3) is 0.0909. The molecule has 1 amide bonds. The van der Waals surface area contributed by atoms with Crippen LogP contribution in [0.4, 0.5) is 10.1 Å². The lowest BCUT2D eigenvalue weighted by atomic mass is 10.2. The Bertz CT molecular complexity index is 455. The molecule has 0 saturated carbocycles. The Labute approximate surface area is 91.4 Å². The maximum atomic E-state index is 13.3. The molecule has 1 aromatic rings. The van der Waals surface area contributed by atoms with Crippen LogP contribution in [0.1, 0.15) is 12.5 Å². The van der Waals surface area contributed by atoms with Crippen LogP contribution >= 0.6 is 0 Å². The average molecular weight is 223 g/mol. The van der Waals surface area contributed by atoms with Crippen LogP contribution in [-0.4, -0.2) is 17.0 Å². The molecule has 84 valence electrons. The zero-order valence-electron chi connectivity index (χ0n) is 8.53. The molecule has 5 heteroatoms. The number of hydrogen-bond donors (Lipinski definition) is 2. The SMILES string of the molecule is CC(=O)Nc1ccc(C=CC(=O)O)cc1F. The van der Waals surface area contributed by atoms with Gasteiger partial charge >= 0.3 is 5.97 Å². The van der Waals surface area contributed by atoms with E-state index in [2.05, 4.69) is 5.32 Å². The van der Waals surface area contributed by atoms with Crippen molar-refractivity contribution in [2.45, 2.75) is 6.92 Å². The predicted octanol–water partition coefficient (Wildman–Crippen LogP) is 1.88. The van der Waals surface area contributed by atoms with E-state index in [9.17, 15) is 14.0 Å². The summed E-state index contributed by atoms with van der Waals surface area (Å²) in [6.07, 6.45) is 2.18. The summed E-state index contributed by atoms with van der Waals surface area (Å²) in [4.78, 5) is 20.9. The molecule has 0 saturated heterocycles. The first kappa shape index (κ1) is 11.9. The van der Waals surface area contributed by atoms with Crippen molar-refractivity contribution in [1.82, 2.24) is 0 Å². The Kier molecular flexibility index (Phi) is 3.77.